The van der Waals surface area contributed by atoms with Crippen LogP contribution in [0.15, 0.2) is 18.2 Å². The second-order valence-corrected chi connectivity index (χ2v) is 10.5. The molecule has 0 aromatic heterocycles. The van der Waals surface area contributed by atoms with Crippen LogP contribution in [0.4, 0.5) is 4.79 Å². The standard InChI is InChI=1S/C27H42ClN3O2/c1-2-20-33-26-21-23(28)10-11-25(26)22-12-16-29(17-13-22)14-6-7-15-30-18-19-31(27(30)32)24-8-4-3-5-9-24/h10-11,21-22,24H,2-9,12-20H2,1H3. The van der Waals surface area contributed by atoms with Crippen LogP contribution in [0, 0.1) is 0 Å². The number of halogens is 1. The first-order valence-corrected chi connectivity index (χ1v) is 13.7. The second-order valence-electron chi connectivity index (χ2n) is 10.1. The summed E-state index contributed by atoms with van der Waals surface area (Å²) < 4.78 is 6.00. The molecular weight excluding hydrogens is 434 g/mol. The lowest BCUT2D eigenvalue weighted by atomic mass is 9.88. The molecular formula is C27H42ClN3O2. The Kier molecular flexibility index (Phi) is 9.19. The van der Waals surface area contributed by atoms with Gasteiger partial charge in [-0.25, -0.2) is 4.79 Å². The smallest absolute Gasteiger partial charge is 0.320 e. The van der Waals surface area contributed by atoms with Gasteiger partial charge in [0.25, 0.3) is 0 Å². The molecule has 2 heterocycles. The zero-order valence-corrected chi connectivity index (χ0v) is 21.2. The van der Waals surface area contributed by atoms with E-state index in [4.69, 9.17) is 16.3 Å². The van der Waals surface area contributed by atoms with Crippen LogP contribution >= 0.6 is 11.6 Å². The van der Waals surface area contributed by atoms with Crippen molar-refractivity contribution in [2.24, 2.45) is 0 Å². The number of piperidine rings is 1. The molecule has 0 atom stereocenters. The molecule has 1 aromatic rings. The van der Waals surface area contributed by atoms with Crippen LogP contribution < -0.4 is 4.74 Å². The van der Waals surface area contributed by atoms with Crippen LogP contribution in [0.1, 0.15) is 82.6 Å². The van der Waals surface area contributed by atoms with E-state index in [9.17, 15) is 4.79 Å². The zero-order chi connectivity index (χ0) is 23.0. The predicted molar refractivity (Wildman–Crippen MR) is 135 cm³/mol. The SMILES string of the molecule is CCCOc1cc(Cl)ccc1C1CCN(CCCCN2CCN(C3CCCCC3)C2=O)CC1. The third-order valence-corrected chi connectivity index (χ3v) is 7.99. The molecule has 3 fully saturated rings. The summed E-state index contributed by atoms with van der Waals surface area (Å²) in [6.45, 7) is 9.06. The number of hydrogen-bond donors (Lipinski definition) is 0. The minimum Gasteiger partial charge on any atom is -0.493 e. The molecule has 6 heteroatoms. The number of rotatable bonds is 10. The number of urea groups is 1. The van der Waals surface area contributed by atoms with E-state index < -0.39 is 0 Å². The fraction of sp³-hybridized carbons (Fsp3) is 0.741. The quantitative estimate of drug-likeness (QED) is 0.380. The van der Waals surface area contributed by atoms with Crippen molar-refractivity contribution in [2.45, 2.75) is 83.1 Å². The fourth-order valence-electron chi connectivity index (χ4n) is 5.83. The van der Waals surface area contributed by atoms with Gasteiger partial charge in [0.15, 0.2) is 0 Å². The monoisotopic (exact) mass is 475 g/mol. The summed E-state index contributed by atoms with van der Waals surface area (Å²) in [7, 11) is 0. The molecule has 4 rings (SSSR count). The number of amides is 2. The Bertz CT molecular complexity index is 760. The van der Waals surface area contributed by atoms with Crippen molar-refractivity contribution < 1.29 is 9.53 Å². The van der Waals surface area contributed by atoms with Gasteiger partial charge in [0.1, 0.15) is 5.75 Å². The Morgan fingerprint density at radius 1 is 0.970 bits per heavy atom. The Labute approximate surface area is 205 Å². The average molecular weight is 476 g/mol. The molecule has 3 aliphatic rings. The molecule has 2 aliphatic heterocycles. The van der Waals surface area contributed by atoms with Gasteiger partial charge in [-0.2, -0.15) is 0 Å². The number of likely N-dealkylation sites (tertiary alicyclic amines) is 1. The van der Waals surface area contributed by atoms with Gasteiger partial charge in [0, 0.05) is 30.7 Å². The number of carbonyl (C=O) groups is 1. The van der Waals surface area contributed by atoms with Gasteiger partial charge in [-0.1, -0.05) is 43.9 Å². The Morgan fingerprint density at radius 3 is 2.48 bits per heavy atom. The first-order chi connectivity index (χ1) is 16.2. The highest BCUT2D eigenvalue weighted by Crippen LogP contribution is 2.36. The topological polar surface area (TPSA) is 36.0 Å². The van der Waals surface area contributed by atoms with Crippen molar-refractivity contribution >= 4 is 17.6 Å². The van der Waals surface area contributed by atoms with Crippen molar-refractivity contribution in [2.75, 3.05) is 45.9 Å². The molecule has 0 bridgehead atoms. The summed E-state index contributed by atoms with van der Waals surface area (Å²) in [5, 5.41) is 0.751. The third kappa shape index (κ3) is 6.57. The fourth-order valence-corrected chi connectivity index (χ4v) is 5.99. The summed E-state index contributed by atoms with van der Waals surface area (Å²) in [6, 6.07) is 6.94. The van der Waals surface area contributed by atoms with Crippen molar-refractivity contribution in [1.29, 1.82) is 0 Å². The summed E-state index contributed by atoms with van der Waals surface area (Å²) in [5.41, 5.74) is 1.32. The minimum atomic E-state index is 0.298. The Hall–Kier alpha value is -1.46. The average Bonchev–Trinajstić information content (AvgIpc) is 3.21. The summed E-state index contributed by atoms with van der Waals surface area (Å²) in [6.07, 6.45) is 12.0. The molecule has 2 saturated heterocycles. The molecule has 5 nitrogen and oxygen atoms in total. The Balaban J connectivity index is 1.15. The molecule has 0 spiro atoms. The van der Waals surface area contributed by atoms with Gasteiger partial charge in [-0.05, 0) is 88.2 Å². The first kappa shape index (κ1) is 24.7. The number of carbonyl (C=O) groups excluding carboxylic acids is 1. The van der Waals surface area contributed by atoms with Gasteiger partial charge in [-0.3, -0.25) is 0 Å². The lowest BCUT2D eigenvalue weighted by molar-refractivity contribution is 0.162. The highest BCUT2D eigenvalue weighted by atomic mass is 35.5. The van der Waals surface area contributed by atoms with Crippen LogP contribution in [0.2, 0.25) is 5.02 Å². The Morgan fingerprint density at radius 2 is 1.73 bits per heavy atom. The van der Waals surface area contributed by atoms with Gasteiger partial charge in [-0.15, -0.1) is 0 Å². The second kappa shape index (κ2) is 12.3. The number of ether oxygens (including phenoxy) is 1. The van der Waals surface area contributed by atoms with Crippen LogP contribution in [0.3, 0.4) is 0 Å². The maximum Gasteiger partial charge on any atom is 0.320 e. The van der Waals surface area contributed by atoms with Crippen molar-refractivity contribution in [3.63, 3.8) is 0 Å². The van der Waals surface area contributed by atoms with E-state index in [0.29, 0.717) is 18.0 Å². The maximum absolute atomic E-state index is 12.8. The van der Waals surface area contributed by atoms with Crippen LogP contribution in [0.25, 0.3) is 0 Å². The highest BCUT2D eigenvalue weighted by Gasteiger charge is 2.33. The van der Waals surface area contributed by atoms with E-state index in [1.54, 1.807) is 0 Å². The molecule has 0 N–H and O–H groups in total. The van der Waals surface area contributed by atoms with Crippen molar-refractivity contribution in [3.05, 3.63) is 28.8 Å². The van der Waals surface area contributed by atoms with Crippen LogP contribution in [-0.4, -0.2) is 72.6 Å². The first-order valence-electron chi connectivity index (χ1n) is 13.4. The van der Waals surface area contributed by atoms with Gasteiger partial charge in [0.05, 0.1) is 6.61 Å². The van der Waals surface area contributed by atoms with Gasteiger partial charge >= 0.3 is 6.03 Å². The molecule has 1 aliphatic carbocycles. The molecule has 184 valence electrons. The van der Waals surface area contributed by atoms with E-state index in [-0.39, 0.29) is 0 Å². The molecule has 0 unspecified atom stereocenters. The highest BCUT2D eigenvalue weighted by molar-refractivity contribution is 6.30. The third-order valence-electron chi connectivity index (χ3n) is 7.76. The lowest BCUT2D eigenvalue weighted by Crippen LogP contribution is -2.40. The largest absolute Gasteiger partial charge is 0.493 e. The molecule has 0 radical (unpaired) electrons. The molecule has 2 amide bonds. The van der Waals surface area contributed by atoms with E-state index >= 15 is 0 Å². The van der Waals surface area contributed by atoms with Crippen molar-refractivity contribution in [3.8, 4) is 5.75 Å². The molecule has 1 aromatic carbocycles. The van der Waals surface area contributed by atoms with E-state index in [0.717, 1.165) is 69.5 Å². The van der Waals surface area contributed by atoms with Crippen molar-refractivity contribution in [1.82, 2.24) is 14.7 Å². The van der Waals surface area contributed by atoms with E-state index in [1.165, 1.54) is 56.9 Å². The molecule has 33 heavy (non-hydrogen) atoms. The van der Waals surface area contributed by atoms with Gasteiger partial charge < -0.3 is 19.4 Å². The zero-order valence-electron chi connectivity index (χ0n) is 20.4. The maximum atomic E-state index is 12.8. The number of nitrogens with zero attached hydrogens (tertiary/aromatic N) is 3. The normalized spacial score (nSPS) is 21.2. The summed E-state index contributed by atoms with van der Waals surface area (Å²) in [4.78, 5) is 19.7. The summed E-state index contributed by atoms with van der Waals surface area (Å²) >= 11 is 6.22. The van der Waals surface area contributed by atoms with E-state index in [1.807, 2.05) is 12.1 Å². The van der Waals surface area contributed by atoms with Crippen LogP contribution in [-0.2, 0) is 0 Å². The predicted octanol–water partition coefficient (Wildman–Crippen LogP) is 6.16. The van der Waals surface area contributed by atoms with Gasteiger partial charge in [0.2, 0.25) is 0 Å². The minimum absolute atomic E-state index is 0.298. The lowest BCUT2D eigenvalue weighted by Gasteiger charge is -2.33. The van der Waals surface area contributed by atoms with E-state index in [2.05, 4.69) is 27.7 Å². The number of hydrogen-bond acceptors (Lipinski definition) is 3. The molecule has 1 saturated carbocycles. The van der Waals surface area contributed by atoms with Crippen LogP contribution in [0.5, 0.6) is 5.75 Å². The number of unbranched alkanes of at least 4 members (excludes halogenated alkanes) is 1. The summed E-state index contributed by atoms with van der Waals surface area (Å²) in [5.74, 6) is 1.53. The number of benzene rings is 1.